The number of nitrogens with zero attached hydrogens (tertiary/aromatic N) is 3. The fourth-order valence-corrected chi connectivity index (χ4v) is 6.54. The van der Waals surface area contributed by atoms with E-state index in [2.05, 4.69) is 4.90 Å². The Labute approximate surface area is 184 Å². The molecule has 2 aromatic rings. The van der Waals surface area contributed by atoms with Crippen molar-refractivity contribution in [1.82, 2.24) is 9.21 Å². The minimum absolute atomic E-state index is 0.0653. The van der Waals surface area contributed by atoms with Crippen LogP contribution in [0.4, 0.5) is 10.1 Å². The van der Waals surface area contributed by atoms with E-state index in [1.54, 1.807) is 22.2 Å². The molecular weight excluding hydrogens is 417 g/mol. The summed E-state index contributed by atoms with van der Waals surface area (Å²) in [7, 11) is -3.06. The standard InChI is InChI=1S/C23H30FN3O3S/c1-18(28)25-12-14-26(15-13-25)21-10-9-20(22(24)16-21)17-27-11-5-8-23(31(27,29)30)19-6-3-2-4-7-19/h2-4,6-7,9-10,16,23,29-30H,5,8,11-15,17H2,1H3/t23-/m1/s1. The maximum atomic E-state index is 15.0. The van der Waals surface area contributed by atoms with E-state index in [0.717, 1.165) is 17.7 Å². The van der Waals surface area contributed by atoms with Gasteiger partial charge in [0.15, 0.2) is 0 Å². The van der Waals surface area contributed by atoms with E-state index >= 15 is 0 Å². The van der Waals surface area contributed by atoms with Crippen molar-refractivity contribution < 1.29 is 18.3 Å². The zero-order chi connectivity index (χ0) is 22.0. The Kier molecular flexibility index (Phi) is 6.52. The molecule has 168 valence electrons. The molecule has 0 unspecified atom stereocenters. The summed E-state index contributed by atoms with van der Waals surface area (Å²) >= 11 is 0. The van der Waals surface area contributed by atoms with Gasteiger partial charge in [-0.2, -0.15) is 0 Å². The highest BCUT2D eigenvalue weighted by Crippen LogP contribution is 2.61. The van der Waals surface area contributed by atoms with Crippen molar-refractivity contribution in [3.8, 4) is 0 Å². The highest BCUT2D eigenvalue weighted by molar-refractivity contribution is 8.22. The minimum Gasteiger partial charge on any atom is -0.368 e. The zero-order valence-electron chi connectivity index (χ0n) is 17.8. The largest absolute Gasteiger partial charge is 0.368 e. The summed E-state index contributed by atoms with van der Waals surface area (Å²) in [5.41, 5.74) is 2.16. The van der Waals surface area contributed by atoms with Crippen molar-refractivity contribution in [3.63, 3.8) is 0 Å². The van der Waals surface area contributed by atoms with E-state index in [1.807, 2.05) is 36.4 Å². The van der Waals surface area contributed by atoms with Gasteiger partial charge in [-0.1, -0.05) is 36.4 Å². The van der Waals surface area contributed by atoms with Crippen molar-refractivity contribution in [1.29, 1.82) is 0 Å². The van der Waals surface area contributed by atoms with Gasteiger partial charge in [-0.25, -0.2) is 8.70 Å². The fraction of sp³-hybridized carbons (Fsp3) is 0.435. The van der Waals surface area contributed by atoms with Gasteiger partial charge < -0.3 is 9.80 Å². The third kappa shape index (κ3) is 4.72. The lowest BCUT2D eigenvalue weighted by atomic mass is 10.1. The number of amides is 1. The summed E-state index contributed by atoms with van der Waals surface area (Å²) in [5.74, 6) is -0.279. The average molecular weight is 448 g/mol. The molecule has 2 heterocycles. The fourth-order valence-electron chi connectivity index (χ4n) is 4.45. The smallest absolute Gasteiger partial charge is 0.219 e. The molecule has 0 aliphatic carbocycles. The molecule has 0 bridgehead atoms. The van der Waals surface area contributed by atoms with Gasteiger partial charge in [0.2, 0.25) is 5.91 Å². The lowest BCUT2D eigenvalue weighted by molar-refractivity contribution is -0.129. The van der Waals surface area contributed by atoms with Gasteiger partial charge in [0, 0.05) is 57.4 Å². The van der Waals surface area contributed by atoms with Crippen LogP contribution in [0.15, 0.2) is 48.5 Å². The number of carbonyl (C=O) groups is 1. The summed E-state index contributed by atoms with van der Waals surface area (Å²) in [6.07, 6.45) is 1.53. The molecule has 1 atom stereocenters. The van der Waals surface area contributed by atoms with Crippen LogP contribution in [0.1, 0.15) is 36.1 Å². The monoisotopic (exact) mass is 447 g/mol. The minimum atomic E-state index is -3.06. The summed E-state index contributed by atoms with van der Waals surface area (Å²) < 4.78 is 38.7. The summed E-state index contributed by atoms with van der Waals surface area (Å²) in [6.45, 7) is 4.86. The van der Waals surface area contributed by atoms with Gasteiger partial charge in [-0.05, 0) is 30.5 Å². The molecule has 4 rings (SSSR count). The number of piperazine rings is 1. The summed E-state index contributed by atoms with van der Waals surface area (Å²) in [5, 5.41) is -0.359. The van der Waals surface area contributed by atoms with Gasteiger partial charge in [0.1, 0.15) is 5.82 Å². The molecule has 1 amide bonds. The highest BCUT2D eigenvalue weighted by Gasteiger charge is 2.37. The van der Waals surface area contributed by atoms with Crippen LogP contribution >= 0.6 is 10.8 Å². The van der Waals surface area contributed by atoms with Crippen LogP contribution in [0.2, 0.25) is 0 Å². The third-order valence-electron chi connectivity index (χ3n) is 6.28. The van der Waals surface area contributed by atoms with Crippen molar-refractivity contribution in [2.24, 2.45) is 0 Å². The van der Waals surface area contributed by atoms with Crippen LogP contribution in [0.3, 0.4) is 0 Å². The molecular formula is C23H30FN3O3S. The van der Waals surface area contributed by atoms with Crippen molar-refractivity contribution in [3.05, 3.63) is 65.5 Å². The normalized spacial score (nSPS) is 22.9. The third-order valence-corrected chi connectivity index (χ3v) is 8.62. The number of rotatable bonds is 4. The van der Waals surface area contributed by atoms with Crippen LogP contribution in [0.25, 0.3) is 0 Å². The maximum absolute atomic E-state index is 15.0. The molecule has 31 heavy (non-hydrogen) atoms. The number of hydrogen-bond donors (Lipinski definition) is 2. The van der Waals surface area contributed by atoms with Gasteiger partial charge >= 0.3 is 0 Å². The van der Waals surface area contributed by atoms with E-state index in [1.165, 1.54) is 6.07 Å². The SMILES string of the molecule is CC(=O)N1CCN(c2ccc(CN3CCC[C@H](c4ccccc4)S3(O)O)c(F)c2)CC1. The first-order valence-corrected chi connectivity index (χ1v) is 12.3. The maximum Gasteiger partial charge on any atom is 0.219 e. The first kappa shape index (κ1) is 22.1. The predicted molar refractivity (Wildman–Crippen MR) is 123 cm³/mol. The second kappa shape index (κ2) is 9.16. The molecule has 0 spiro atoms. The van der Waals surface area contributed by atoms with Crippen molar-refractivity contribution in [2.45, 2.75) is 31.6 Å². The molecule has 2 N–H and O–H groups in total. The molecule has 0 aromatic heterocycles. The summed E-state index contributed by atoms with van der Waals surface area (Å²) in [6, 6.07) is 14.7. The number of benzene rings is 2. The Balaban J connectivity index is 1.46. The van der Waals surface area contributed by atoms with E-state index in [-0.39, 0.29) is 23.5 Å². The number of carbonyl (C=O) groups excluding carboxylic acids is 1. The molecule has 2 aliphatic heterocycles. The van der Waals surface area contributed by atoms with E-state index in [0.29, 0.717) is 44.7 Å². The van der Waals surface area contributed by atoms with E-state index < -0.39 is 10.8 Å². The van der Waals surface area contributed by atoms with E-state index in [4.69, 9.17) is 0 Å². The Morgan fingerprint density at radius 2 is 1.77 bits per heavy atom. The molecule has 2 aromatic carbocycles. The first-order valence-electron chi connectivity index (χ1n) is 10.7. The van der Waals surface area contributed by atoms with E-state index in [9.17, 15) is 18.3 Å². The average Bonchev–Trinajstić information content (AvgIpc) is 2.77. The highest BCUT2D eigenvalue weighted by atomic mass is 32.3. The molecule has 2 aliphatic rings. The summed E-state index contributed by atoms with van der Waals surface area (Å²) in [4.78, 5) is 15.4. The van der Waals surface area contributed by atoms with Crippen LogP contribution in [-0.4, -0.2) is 56.9 Å². The molecule has 6 nitrogen and oxygen atoms in total. The first-order chi connectivity index (χ1) is 14.9. The van der Waals surface area contributed by atoms with Gasteiger partial charge in [0.05, 0.1) is 5.25 Å². The topological polar surface area (TPSA) is 67.3 Å². The predicted octanol–water partition coefficient (Wildman–Crippen LogP) is 4.50. The zero-order valence-corrected chi connectivity index (χ0v) is 18.6. The van der Waals surface area contributed by atoms with Gasteiger partial charge in [-0.15, -0.1) is 10.8 Å². The number of hydrogen-bond acceptors (Lipinski definition) is 5. The van der Waals surface area contributed by atoms with Crippen LogP contribution < -0.4 is 4.90 Å². The lowest BCUT2D eigenvalue weighted by Crippen LogP contribution is -2.48. The molecule has 8 heteroatoms. The Morgan fingerprint density at radius 3 is 2.42 bits per heavy atom. The second-order valence-electron chi connectivity index (χ2n) is 8.24. The molecule has 0 radical (unpaired) electrons. The number of halogens is 1. The quantitative estimate of drug-likeness (QED) is 0.723. The molecule has 0 saturated carbocycles. The second-order valence-corrected chi connectivity index (χ2v) is 10.4. The lowest BCUT2D eigenvalue weighted by Gasteiger charge is -2.51. The van der Waals surface area contributed by atoms with Crippen LogP contribution in [0.5, 0.6) is 0 Å². The number of anilines is 1. The molecule has 2 saturated heterocycles. The molecule has 2 fully saturated rings. The van der Waals surface area contributed by atoms with Crippen molar-refractivity contribution in [2.75, 3.05) is 37.6 Å². The van der Waals surface area contributed by atoms with Gasteiger partial charge in [-0.3, -0.25) is 13.9 Å². The Bertz CT molecular complexity index is 920. The van der Waals surface area contributed by atoms with Crippen LogP contribution in [-0.2, 0) is 11.3 Å². The Morgan fingerprint density at radius 1 is 1.06 bits per heavy atom. The van der Waals surface area contributed by atoms with Crippen molar-refractivity contribution >= 4 is 22.4 Å². The van der Waals surface area contributed by atoms with Crippen LogP contribution in [0, 0.1) is 5.82 Å². The van der Waals surface area contributed by atoms with Gasteiger partial charge in [0.25, 0.3) is 0 Å². The Hall–Kier alpha value is -2.13.